The maximum absolute atomic E-state index is 13.3. The van der Waals surface area contributed by atoms with E-state index >= 15 is 0 Å². The van der Waals surface area contributed by atoms with Gasteiger partial charge >= 0.3 is 0 Å². The number of carbonyl (C=O) groups excluding carboxylic acids is 2. The van der Waals surface area contributed by atoms with Crippen molar-refractivity contribution < 1.29 is 18.7 Å². The van der Waals surface area contributed by atoms with Gasteiger partial charge in [0, 0.05) is 36.8 Å². The first-order chi connectivity index (χ1) is 15.1. The molecule has 162 valence electrons. The van der Waals surface area contributed by atoms with Gasteiger partial charge in [0.15, 0.2) is 5.76 Å². The molecular formula is C23H26N4O4. The minimum atomic E-state index is -0.154. The van der Waals surface area contributed by atoms with E-state index in [-0.39, 0.29) is 24.5 Å². The first-order valence-corrected chi connectivity index (χ1v) is 10.8. The van der Waals surface area contributed by atoms with Crippen LogP contribution in [0.5, 0.6) is 0 Å². The lowest BCUT2D eigenvalue weighted by Crippen LogP contribution is -2.43. The van der Waals surface area contributed by atoms with Crippen LogP contribution in [0.25, 0.3) is 11.0 Å². The third-order valence-corrected chi connectivity index (χ3v) is 6.20. The third kappa shape index (κ3) is 3.72. The molecule has 31 heavy (non-hydrogen) atoms. The fourth-order valence-electron chi connectivity index (χ4n) is 4.53. The fraction of sp³-hybridized carbons (Fsp3) is 0.435. The van der Waals surface area contributed by atoms with Crippen LogP contribution in [0.4, 0.5) is 0 Å². The summed E-state index contributed by atoms with van der Waals surface area (Å²) in [4.78, 5) is 29.2. The first-order valence-electron chi connectivity index (χ1n) is 10.8. The van der Waals surface area contributed by atoms with Gasteiger partial charge in [-0.15, -0.1) is 0 Å². The molecule has 0 N–H and O–H groups in total. The Morgan fingerprint density at radius 3 is 2.77 bits per heavy atom. The Balaban J connectivity index is 1.30. The summed E-state index contributed by atoms with van der Waals surface area (Å²) < 4.78 is 13.6. The number of aryl methyl sites for hydroxylation is 1. The SMILES string of the molecule is Cc1c(C(=O)N2Cc3ccnn3[C@H](COCC(=O)N3CCCC3)C2)oc2ccccc12. The zero-order valence-electron chi connectivity index (χ0n) is 17.6. The Labute approximate surface area is 180 Å². The number of carbonyl (C=O) groups is 2. The molecule has 4 heterocycles. The van der Waals surface area contributed by atoms with Crippen LogP contribution in [0.15, 0.2) is 40.9 Å². The Bertz CT molecular complexity index is 1110. The summed E-state index contributed by atoms with van der Waals surface area (Å²) in [6.45, 7) is 4.82. The molecule has 2 aromatic heterocycles. The summed E-state index contributed by atoms with van der Waals surface area (Å²) >= 11 is 0. The fourth-order valence-corrected chi connectivity index (χ4v) is 4.53. The number of benzene rings is 1. The number of hydrogen-bond donors (Lipinski definition) is 0. The molecule has 2 amide bonds. The molecule has 0 unspecified atom stereocenters. The number of ether oxygens (including phenoxy) is 1. The van der Waals surface area contributed by atoms with Crippen LogP contribution in [-0.2, 0) is 16.1 Å². The van der Waals surface area contributed by atoms with E-state index in [1.165, 1.54) is 0 Å². The number of amides is 2. The molecule has 0 spiro atoms. The van der Waals surface area contributed by atoms with Gasteiger partial charge in [-0.1, -0.05) is 18.2 Å². The van der Waals surface area contributed by atoms with Gasteiger partial charge in [-0.25, -0.2) is 0 Å². The molecule has 0 radical (unpaired) electrons. The highest BCUT2D eigenvalue weighted by atomic mass is 16.5. The lowest BCUT2D eigenvalue weighted by atomic mass is 10.1. The molecule has 2 aliphatic heterocycles. The standard InChI is InChI=1S/C23H26N4O4/c1-16-19-6-2-3-7-20(19)31-22(16)23(29)26-12-17-8-9-24-27(17)18(13-26)14-30-15-21(28)25-10-4-5-11-25/h2-3,6-9,18H,4-5,10-15H2,1H3/t18-/m0/s1. The zero-order valence-corrected chi connectivity index (χ0v) is 17.6. The van der Waals surface area contributed by atoms with Crippen LogP contribution < -0.4 is 0 Å². The number of hydrogen-bond acceptors (Lipinski definition) is 5. The van der Waals surface area contributed by atoms with Gasteiger partial charge in [0.1, 0.15) is 12.2 Å². The van der Waals surface area contributed by atoms with Crippen molar-refractivity contribution in [3.63, 3.8) is 0 Å². The number of fused-ring (bicyclic) bond motifs is 2. The van der Waals surface area contributed by atoms with E-state index in [9.17, 15) is 9.59 Å². The van der Waals surface area contributed by atoms with Crippen LogP contribution >= 0.6 is 0 Å². The molecule has 1 saturated heterocycles. The minimum Gasteiger partial charge on any atom is -0.451 e. The van der Waals surface area contributed by atoms with Crippen LogP contribution in [0.1, 0.15) is 40.7 Å². The van der Waals surface area contributed by atoms with Gasteiger partial charge in [-0.2, -0.15) is 5.10 Å². The van der Waals surface area contributed by atoms with Crippen molar-refractivity contribution >= 4 is 22.8 Å². The first kappa shape index (κ1) is 19.8. The molecule has 1 fully saturated rings. The van der Waals surface area contributed by atoms with Crippen molar-refractivity contribution in [3.8, 4) is 0 Å². The Morgan fingerprint density at radius 2 is 1.97 bits per heavy atom. The van der Waals surface area contributed by atoms with Gasteiger partial charge in [0.05, 0.1) is 24.9 Å². The molecule has 0 saturated carbocycles. The molecule has 1 aromatic carbocycles. The molecule has 3 aromatic rings. The monoisotopic (exact) mass is 422 g/mol. The minimum absolute atomic E-state index is 0.0276. The highest BCUT2D eigenvalue weighted by Gasteiger charge is 2.32. The molecule has 1 atom stereocenters. The van der Waals surface area contributed by atoms with E-state index in [1.807, 2.05) is 46.8 Å². The van der Waals surface area contributed by atoms with Gasteiger partial charge < -0.3 is 19.0 Å². The molecule has 8 nitrogen and oxygen atoms in total. The Morgan fingerprint density at radius 1 is 1.16 bits per heavy atom. The van der Waals surface area contributed by atoms with Crippen LogP contribution in [0.3, 0.4) is 0 Å². The number of para-hydroxylation sites is 1. The topological polar surface area (TPSA) is 80.8 Å². The number of rotatable bonds is 5. The summed E-state index contributed by atoms with van der Waals surface area (Å²) in [6, 6.07) is 9.43. The molecule has 2 aliphatic rings. The van der Waals surface area contributed by atoms with Crippen molar-refractivity contribution in [2.45, 2.75) is 32.4 Å². The lowest BCUT2D eigenvalue weighted by Gasteiger charge is -2.33. The Hall–Kier alpha value is -3.13. The second kappa shape index (κ2) is 8.19. The largest absolute Gasteiger partial charge is 0.451 e. The van der Waals surface area contributed by atoms with E-state index in [4.69, 9.17) is 9.15 Å². The molecule has 0 aliphatic carbocycles. The highest BCUT2D eigenvalue weighted by molar-refractivity contribution is 5.99. The van der Waals surface area contributed by atoms with Gasteiger partial charge in [0.25, 0.3) is 5.91 Å². The van der Waals surface area contributed by atoms with Gasteiger partial charge in [-0.05, 0) is 31.9 Å². The zero-order chi connectivity index (χ0) is 21.4. The third-order valence-electron chi connectivity index (χ3n) is 6.20. The van der Waals surface area contributed by atoms with E-state index in [2.05, 4.69) is 5.10 Å². The average Bonchev–Trinajstić information content (AvgIpc) is 3.53. The highest BCUT2D eigenvalue weighted by Crippen LogP contribution is 2.28. The second-order valence-electron chi connectivity index (χ2n) is 8.26. The summed E-state index contributed by atoms with van der Waals surface area (Å²) in [7, 11) is 0. The van der Waals surface area contributed by atoms with Gasteiger partial charge in [0.2, 0.25) is 5.91 Å². The average molecular weight is 422 g/mol. The summed E-state index contributed by atoms with van der Waals surface area (Å²) in [5.74, 6) is 0.261. The van der Waals surface area contributed by atoms with Crippen molar-refractivity contribution in [3.05, 3.63) is 53.5 Å². The summed E-state index contributed by atoms with van der Waals surface area (Å²) in [5.41, 5.74) is 2.50. The number of nitrogens with zero attached hydrogens (tertiary/aromatic N) is 4. The van der Waals surface area contributed by atoms with Crippen LogP contribution in [0, 0.1) is 6.92 Å². The number of furan rings is 1. The predicted molar refractivity (Wildman–Crippen MR) is 114 cm³/mol. The second-order valence-corrected chi connectivity index (χ2v) is 8.26. The van der Waals surface area contributed by atoms with Crippen LogP contribution in [-0.4, -0.2) is 64.2 Å². The van der Waals surface area contributed by atoms with Crippen molar-refractivity contribution in [1.82, 2.24) is 19.6 Å². The predicted octanol–water partition coefficient (Wildman–Crippen LogP) is 2.77. The quantitative estimate of drug-likeness (QED) is 0.632. The number of aromatic nitrogens is 2. The molecule has 0 bridgehead atoms. The molecular weight excluding hydrogens is 396 g/mol. The summed E-state index contributed by atoms with van der Waals surface area (Å²) in [6.07, 6.45) is 3.85. The smallest absolute Gasteiger partial charge is 0.290 e. The normalized spacial score (nSPS) is 18.5. The van der Waals surface area contributed by atoms with Crippen molar-refractivity contribution in [2.75, 3.05) is 32.8 Å². The van der Waals surface area contributed by atoms with Gasteiger partial charge in [-0.3, -0.25) is 14.3 Å². The molecule has 8 heteroatoms. The Kier molecular flexibility index (Phi) is 5.23. The summed E-state index contributed by atoms with van der Waals surface area (Å²) in [5, 5.41) is 5.36. The van der Waals surface area contributed by atoms with Crippen molar-refractivity contribution in [2.24, 2.45) is 0 Å². The van der Waals surface area contributed by atoms with E-state index in [1.54, 1.807) is 11.1 Å². The van der Waals surface area contributed by atoms with Crippen molar-refractivity contribution in [1.29, 1.82) is 0 Å². The molecule has 5 rings (SSSR count). The van der Waals surface area contributed by atoms with E-state index < -0.39 is 0 Å². The van der Waals surface area contributed by atoms with E-state index in [0.717, 1.165) is 42.6 Å². The maximum atomic E-state index is 13.3. The van der Waals surface area contributed by atoms with Crippen LogP contribution in [0.2, 0.25) is 0 Å². The van der Waals surface area contributed by atoms with E-state index in [0.29, 0.717) is 31.0 Å². The maximum Gasteiger partial charge on any atom is 0.290 e. The lowest BCUT2D eigenvalue weighted by molar-refractivity contribution is -0.135. The number of likely N-dealkylation sites (tertiary alicyclic amines) is 1.